The molecule has 1 saturated heterocycles. The van der Waals surface area contributed by atoms with Crippen LogP contribution < -0.4 is 24.4 Å². The lowest BCUT2D eigenvalue weighted by molar-refractivity contribution is 0.196. The van der Waals surface area contributed by atoms with Gasteiger partial charge in [0.15, 0.2) is 17.5 Å². The summed E-state index contributed by atoms with van der Waals surface area (Å²) in [6.07, 6.45) is 0. The minimum absolute atomic E-state index is 0. The minimum Gasteiger partial charge on any atom is -0.495 e. The van der Waals surface area contributed by atoms with Crippen molar-refractivity contribution in [1.82, 2.24) is 10.2 Å². The number of halogens is 1. The number of rotatable bonds is 9. The Bertz CT molecular complexity index is 889. The van der Waals surface area contributed by atoms with E-state index in [4.69, 9.17) is 24.3 Å². The number of hydrogen-bond donors (Lipinski definition) is 2. The van der Waals surface area contributed by atoms with E-state index >= 15 is 0 Å². The molecule has 0 bridgehead atoms. The summed E-state index contributed by atoms with van der Waals surface area (Å²) >= 11 is 0. The molecule has 0 spiro atoms. The fourth-order valence-corrected chi connectivity index (χ4v) is 3.73. The first-order valence-corrected chi connectivity index (χ1v) is 11.0. The number of guanidine groups is 1. The van der Waals surface area contributed by atoms with Crippen molar-refractivity contribution in [3.8, 4) is 17.2 Å². The molecule has 182 valence electrons. The van der Waals surface area contributed by atoms with Gasteiger partial charge in [-0.05, 0) is 36.8 Å². The average molecular weight is 570 g/mol. The molecule has 33 heavy (non-hydrogen) atoms. The number of aliphatic imine (C=N–C) groups is 1. The molecule has 1 heterocycles. The number of aliphatic hydroxyl groups excluding tert-OH is 1. The highest BCUT2D eigenvalue weighted by Crippen LogP contribution is 2.29. The molecule has 0 amide bonds. The number of nitrogens with one attached hydrogen (secondary N) is 1. The number of aliphatic hydroxyl groups is 1. The van der Waals surface area contributed by atoms with Crippen LogP contribution in [0.2, 0.25) is 0 Å². The lowest BCUT2D eigenvalue weighted by Crippen LogP contribution is -2.52. The van der Waals surface area contributed by atoms with Gasteiger partial charge in [-0.2, -0.15) is 0 Å². The zero-order valence-corrected chi connectivity index (χ0v) is 22.0. The van der Waals surface area contributed by atoms with Gasteiger partial charge in [0.05, 0.1) is 33.1 Å². The van der Waals surface area contributed by atoms with E-state index in [1.807, 2.05) is 36.4 Å². The maximum absolute atomic E-state index is 8.97. The Morgan fingerprint density at radius 3 is 2.39 bits per heavy atom. The molecule has 2 N–H and O–H groups in total. The molecule has 0 atom stereocenters. The van der Waals surface area contributed by atoms with Gasteiger partial charge in [-0.15, -0.1) is 24.0 Å². The highest BCUT2D eigenvalue weighted by molar-refractivity contribution is 14.0. The smallest absolute Gasteiger partial charge is 0.194 e. The van der Waals surface area contributed by atoms with Crippen LogP contribution in [0.5, 0.6) is 17.2 Å². The zero-order valence-electron chi connectivity index (χ0n) is 19.6. The van der Waals surface area contributed by atoms with Crippen LogP contribution in [-0.4, -0.2) is 76.1 Å². The maximum atomic E-state index is 8.97. The summed E-state index contributed by atoms with van der Waals surface area (Å²) in [5, 5.41) is 12.4. The number of benzene rings is 2. The fraction of sp³-hybridized carbons (Fsp3) is 0.458. The summed E-state index contributed by atoms with van der Waals surface area (Å²) < 4.78 is 16.5. The number of piperazine rings is 1. The third-order valence-electron chi connectivity index (χ3n) is 5.33. The standard InChI is InChI=1S/C24H34N4O4.HI/c1-4-25-24(26-18-19-9-10-22(32-16-15-29)23(17-19)31-3)28-13-11-27(12-14-28)20-7-5-6-8-21(20)30-2;/h5-10,17,29H,4,11-16,18H2,1-3H3,(H,25,26);1H. The first-order chi connectivity index (χ1) is 15.7. The summed E-state index contributed by atoms with van der Waals surface area (Å²) in [5.41, 5.74) is 2.16. The highest BCUT2D eigenvalue weighted by atomic mass is 127. The van der Waals surface area contributed by atoms with E-state index < -0.39 is 0 Å². The molecule has 8 nitrogen and oxygen atoms in total. The van der Waals surface area contributed by atoms with E-state index in [0.717, 1.165) is 55.7 Å². The van der Waals surface area contributed by atoms with Crippen molar-refractivity contribution in [2.24, 2.45) is 4.99 Å². The van der Waals surface area contributed by atoms with Gasteiger partial charge in [0.25, 0.3) is 0 Å². The summed E-state index contributed by atoms with van der Waals surface area (Å²) in [7, 11) is 3.32. The summed E-state index contributed by atoms with van der Waals surface area (Å²) in [5.74, 6) is 3.07. The summed E-state index contributed by atoms with van der Waals surface area (Å²) in [6, 6.07) is 13.9. The Hall–Kier alpha value is -2.40. The lowest BCUT2D eigenvalue weighted by atomic mass is 10.2. The molecule has 3 rings (SSSR count). The van der Waals surface area contributed by atoms with Gasteiger partial charge in [0.2, 0.25) is 0 Å². The molecular formula is C24H35IN4O4. The van der Waals surface area contributed by atoms with Gasteiger partial charge >= 0.3 is 0 Å². The molecule has 9 heteroatoms. The first-order valence-electron chi connectivity index (χ1n) is 11.0. The predicted molar refractivity (Wildman–Crippen MR) is 143 cm³/mol. The van der Waals surface area contributed by atoms with Gasteiger partial charge < -0.3 is 34.4 Å². The molecule has 2 aromatic rings. The molecule has 2 aromatic carbocycles. The van der Waals surface area contributed by atoms with Crippen LogP contribution >= 0.6 is 24.0 Å². The molecule has 0 unspecified atom stereocenters. The Labute approximate surface area is 213 Å². The van der Waals surface area contributed by atoms with Crippen LogP contribution in [0.4, 0.5) is 5.69 Å². The third-order valence-corrected chi connectivity index (χ3v) is 5.33. The van der Waals surface area contributed by atoms with Gasteiger partial charge in [-0.1, -0.05) is 18.2 Å². The van der Waals surface area contributed by atoms with Crippen molar-refractivity contribution in [3.05, 3.63) is 48.0 Å². The van der Waals surface area contributed by atoms with Crippen molar-refractivity contribution < 1.29 is 19.3 Å². The Morgan fingerprint density at radius 2 is 1.73 bits per heavy atom. The van der Waals surface area contributed by atoms with Crippen LogP contribution in [0, 0.1) is 0 Å². The maximum Gasteiger partial charge on any atom is 0.194 e. The van der Waals surface area contributed by atoms with Crippen LogP contribution in [0.1, 0.15) is 12.5 Å². The second kappa shape index (κ2) is 14.0. The molecule has 0 saturated carbocycles. The quantitative estimate of drug-likeness (QED) is 0.273. The number of para-hydroxylation sites is 2. The minimum atomic E-state index is -0.0361. The second-order valence-corrected chi connectivity index (χ2v) is 7.37. The molecule has 0 aromatic heterocycles. The molecule has 1 fully saturated rings. The fourth-order valence-electron chi connectivity index (χ4n) is 3.73. The molecule has 0 aliphatic carbocycles. The summed E-state index contributed by atoms with van der Waals surface area (Å²) in [4.78, 5) is 9.51. The lowest BCUT2D eigenvalue weighted by Gasteiger charge is -2.38. The molecule has 1 aliphatic rings. The Balaban J connectivity index is 0.00000385. The predicted octanol–water partition coefficient (Wildman–Crippen LogP) is 2.98. The number of ether oxygens (including phenoxy) is 3. The van der Waals surface area contributed by atoms with E-state index in [1.54, 1.807) is 14.2 Å². The van der Waals surface area contributed by atoms with Crippen molar-refractivity contribution in [3.63, 3.8) is 0 Å². The van der Waals surface area contributed by atoms with Crippen LogP contribution in [0.15, 0.2) is 47.5 Å². The van der Waals surface area contributed by atoms with Crippen LogP contribution in [-0.2, 0) is 6.54 Å². The van der Waals surface area contributed by atoms with E-state index in [9.17, 15) is 0 Å². The van der Waals surface area contributed by atoms with Crippen molar-refractivity contribution in [2.45, 2.75) is 13.5 Å². The van der Waals surface area contributed by atoms with E-state index in [-0.39, 0.29) is 37.2 Å². The van der Waals surface area contributed by atoms with Gasteiger partial charge in [-0.25, -0.2) is 4.99 Å². The average Bonchev–Trinajstić information content (AvgIpc) is 2.85. The topological polar surface area (TPSA) is 78.8 Å². The van der Waals surface area contributed by atoms with Crippen molar-refractivity contribution in [2.75, 3.05) is 65.1 Å². The van der Waals surface area contributed by atoms with Gasteiger partial charge in [0, 0.05) is 32.7 Å². The molecule has 0 radical (unpaired) electrons. The van der Waals surface area contributed by atoms with Gasteiger partial charge in [-0.3, -0.25) is 0 Å². The van der Waals surface area contributed by atoms with Crippen LogP contribution in [0.25, 0.3) is 0 Å². The Morgan fingerprint density at radius 1 is 1.00 bits per heavy atom. The van der Waals surface area contributed by atoms with Gasteiger partial charge in [0.1, 0.15) is 12.4 Å². The molecular weight excluding hydrogens is 535 g/mol. The van der Waals surface area contributed by atoms with Crippen molar-refractivity contribution >= 4 is 35.6 Å². The number of nitrogens with zero attached hydrogens (tertiary/aromatic N) is 3. The SMILES string of the molecule is CCNC(=NCc1ccc(OCCO)c(OC)c1)N1CCN(c2ccccc2OC)CC1.I. The number of methoxy groups -OCH3 is 2. The van der Waals surface area contributed by atoms with E-state index in [1.165, 1.54) is 0 Å². The Kier molecular flexibility index (Phi) is 11.4. The number of hydrogen-bond acceptors (Lipinski definition) is 6. The van der Waals surface area contributed by atoms with Crippen LogP contribution in [0.3, 0.4) is 0 Å². The second-order valence-electron chi connectivity index (χ2n) is 7.37. The van der Waals surface area contributed by atoms with E-state index in [0.29, 0.717) is 18.0 Å². The monoisotopic (exact) mass is 570 g/mol. The van der Waals surface area contributed by atoms with Crippen molar-refractivity contribution in [1.29, 1.82) is 0 Å². The van der Waals surface area contributed by atoms with E-state index in [2.05, 4.69) is 28.1 Å². The highest BCUT2D eigenvalue weighted by Gasteiger charge is 2.21. The third kappa shape index (κ3) is 7.29. The normalized spacial score (nSPS) is 13.9. The largest absolute Gasteiger partial charge is 0.495 e. The zero-order chi connectivity index (χ0) is 22.8. The number of anilines is 1. The summed E-state index contributed by atoms with van der Waals surface area (Å²) in [6.45, 7) is 7.17. The molecule has 1 aliphatic heterocycles. The first kappa shape index (κ1) is 26.8.